The largest absolute Gasteiger partial charge is 0.298 e. The first-order valence-electron chi connectivity index (χ1n) is 7.38. The molecule has 2 nitrogen and oxygen atoms in total. The van der Waals surface area contributed by atoms with Crippen LogP contribution in [-0.2, 0) is 6.54 Å². The summed E-state index contributed by atoms with van der Waals surface area (Å²) in [5.74, 6) is 0.756. The Kier molecular flexibility index (Phi) is 6.16. The highest BCUT2D eigenvalue weighted by Gasteiger charge is 2.28. The lowest BCUT2D eigenvalue weighted by Gasteiger charge is -2.44. The second kappa shape index (κ2) is 7.65. The standard InChI is InChI=1S/C16H24Cl2N2/c1-13-11-20(12-15-4-6-16(18)7-5-15)14(2)10-19(13)9-3-8-17/h4-7,13-14H,3,8-12H2,1-2H3. The molecule has 1 aromatic carbocycles. The molecule has 1 heterocycles. The number of piperazine rings is 1. The van der Waals surface area contributed by atoms with Crippen molar-refractivity contribution in [1.29, 1.82) is 0 Å². The third-order valence-electron chi connectivity index (χ3n) is 4.12. The second-order valence-corrected chi connectivity index (χ2v) is 6.61. The number of hydrogen-bond donors (Lipinski definition) is 0. The Labute approximate surface area is 132 Å². The Morgan fingerprint density at radius 1 is 1.05 bits per heavy atom. The molecule has 2 unspecified atom stereocenters. The first kappa shape index (κ1) is 16.1. The van der Waals surface area contributed by atoms with Crippen LogP contribution in [0.5, 0.6) is 0 Å². The van der Waals surface area contributed by atoms with Crippen LogP contribution in [0.3, 0.4) is 0 Å². The normalized spacial score (nSPS) is 25.0. The van der Waals surface area contributed by atoms with E-state index in [0.717, 1.165) is 43.5 Å². The Bertz CT molecular complexity index is 407. The average molecular weight is 315 g/mol. The van der Waals surface area contributed by atoms with Crippen molar-refractivity contribution in [2.45, 2.75) is 38.9 Å². The van der Waals surface area contributed by atoms with Crippen LogP contribution in [-0.4, -0.2) is 47.4 Å². The highest BCUT2D eigenvalue weighted by atomic mass is 35.5. The van der Waals surface area contributed by atoms with Gasteiger partial charge in [-0.05, 0) is 44.5 Å². The summed E-state index contributed by atoms with van der Waals surface area (Å²) in [7, 11) is 0. The quantitative estimate of drug-likeness (QED) is 0.761. The molecular weight excluding hydrogens is 291 g/mol. The van der Waals surface area contributed by atoms with Gasteiger partial charge in [0.05, 0.1) is 0 Å². The fourth-order valence-corrected chi connectivity index (χ4v) is 3.13. The van der Waals surface area contributed by atoms with Gasteiger partial charge in [-0.15, -0.1) is 11.6 Å². The number of rotatable bonds is 5. The molecule has 0 bridgehead atoms. The zero-order valence-electron chi connectivity index (χ0n) is 12.4. The van der Waals surface area contributed by atoms with Crippen molar-refractivity contribution in [1.82, 2.24) is 9.80 Å². The van der Waals surface area contributed by atoms with Crippen molar-refractivity contribution in [3.8, 4) is 0 Å². The maximum atomic E-state index is 5.94. The molecule has 0 radical (unpaired) electrons. The Hall–Kier alpha value is -0.280. The molecule has 4 heteroatoms. The van der Waals surface area contributed by atoms with Crippen LogP contribution in [0, 0.1) is 0 Å². The summed E-state index contributed by atoms with van der Waals surface area (Å²) in [6.07, 6.45) is 1.08. The van der Waals surface area contributed by atoms with Gasteiger partial charge in [0.1, 0.15) is 0 Å². The average Bonchev–Trinajstić information content (AvgIpc) is 2.43. The summed E-state index contributed by atoms with van der Waals surface area (Å²) in [6, 6.07) is 9.38. The van der Waals surface area contributed by atoms with Crippen LogP contribution in [0.4, 0.5) is 0 Å². The minimum absolute atomic E-state index is 0.581. The van der Waals surface area contributed by atoms with Crippen molar-refractivity contribution < 1.29 is 0 Å². The van der Waals surface area contributed by atoms with Gasteiger partial charge in [0, 0.05) is 42.6 Å². The molecule has 2 atom stereocenters. The lowest BCUT2D eigenvalue weighted by Crippen LogP contribution is -2.56. The van der Waals surface area contributed by atoms with Gasteiger partial charge in [-0.3, -0.25) is 9.80 Å². The topological polar surface area (TPSA) is 6.48 Å². The molecule has 1 aliphatic rings. The number of halogens is 2. The number of alkyl halides is 1. The minimum atomic E-state index is 0.581. The van der Waals surface area contributed by atoms with E-state index in [0.29, 0.717) is 12.1 Å². The van der Waals surface area contributed by atoms with Crippen LogP contribution < -0.4 is 0 Å². The lowest BCUT2D eigenvalue weighted by atomic mass is 10.1. The SMILES string of the molecule is CC1CN(Cc2ccc(Cl)cc2)C(C)CN1CCCCl. The third kappa shape index (κ3) is 4.36. The number of hydrogen-bond acceptors (Lipinski definition) is 2. The van der Waals surface area contributed by atoms with E-state index >= 15 is 0 Å². The van der Waals surface area contributed by atoms with E-state index in [-0.39, 0.29) is 0 Å². The Morgan fingerprint density at radius 3 is 2.30 bits per heavy atom. The number of benzene rings is 1. The monoisotopic (exact) mass is 314 g/mol. The molecule has 1 aromatic rings. The summed E-state index contributed by atoms with van der Waals surface area (Å²) in [5.41, 5.74) is 1.34. The van der Waals surface area contributed by atoms with Gasteiger partial charge in [0.25, 0.3) is 0 Å². The predicted molar refractivity (Wildman–Crippen MR) is 87.7 cm³/mol. The van der Waals surface area contributed by atoms with E-state index in [1.807, 2.05) is 12.1 Å². The molecule has 1 fully saturated rings. The van der Waals surface area contributed by atoms with Crippen LogP contribution >= 0.6 is 23.2 Å². The van der Waals surface area contributed by atoms with E-state index in [2.05, 4.69) is 35.8 Å². The zero-order valence-corrected chi connectivity index (χ0v) is 13.9. The predicted octanol–water partition coefficient (Wildman–Crippen LogP) is 3.86. The highest BCUT2D eigenvalue weighted by molar-refractivity contribution is 6.30. The fraction of sp³-hybridized carbons (Fsp3) is 0.625. The van der Waals surface area contributed by atoms with Crippen LogP contribution in [0.2, 0.25) is 5.02 Å². The van der Waals surface area contributed by atoms with Crippen LogP contribution in [0.1, 0.15) is 25.8 Å². The molecule has 2 rings (SSSR count). The second-order valence-electron chi connectivity index (χ2n) is 5.79. The smallest absolute Gasteiger partial charge is 0.0406 e. The summed E-state index contributed by atoms with van der Waals surface area (Å²) < 4.78 is 0. The Morgan fingerprint density at radius 2 is 1.65 bits per heavy atom. The van der Waals surface area contributed by atoms with E-state index in [9.17, 15) is 0 Å². The maximum Gasteiger partial charge on any atom is 0.0406 e. The van der Waals surface area contributed by atoms with E-state index in [1.54, 1.807) is 0 Å². The summed E-state index contributed by atoms with van der Waals surface area (Å²) in [6.45, 7) is 9.00. The summed E-state index contributed by atoms with van der Waals surface area (Å²) in [5, 5.41) is 0.807. The molecule has 0 saturated carbocycles. The van der Waals surface area contributed by atoms with Gasteiger partial charge >= 0.3 is 0 Å². The summed E-state index contributed by atoms with van der Waals surface area (Å²) in [4.78, 5) is 5.12. The molecule has 0 aromatic heterocycles. The van der Waals surface area contributed by atoms with Gasteiger partial charge in [0.15, 0.2) is 0 Å². The van der Waals surface area contributed by atoms with Gasteiger partial charge in [-0.1, -0.05) is 23.7 Å². The van der Waals surface area contributed by atoms with Crippen LogP contribution in [0.15, 0.2) is 24.3 Å². The zero-order chi connectivity index (χ0) is 14.5. The van der Waals surface area contributed by atoms with Crippen LogP contribution in [0.25, 0.3) is 0 Å². The van der Waals surface area contributed by atoms with Gasteiger partial charge in [-0.25, -0.2) is 0 Å². The van der Waals surface area contributed by atoms with Gasteiger partial charge in [-0.2, -0.15) is 0 Å². The molecule has 1 aliphatic heterocycles. The fourth-order valence-electron chi connectivity index (χ4n) is 2.89. The van der Waals surface area contributed by atoms with E-state index in [1.165, 1.54) is 5.56 Å². The van der Waals surface area contributed by atoms with Crippen molar-refractivity contribution in [3.63, 3.8) is 0 Å². The molecule has 1 saturated heterocycles. The van der Waals surface area contributed by atoms with Crippen molar-refractivity contribution in [2.24, 2.45) is 0 Å². The maximum absolute atomic E-state index is 5.94. The molecule has 0 spiro atoms. The third-order valence-corrected chi connectivity index (χ3v) is 4.64. The van der Waals surface area contributed by atoms with E-state index < -0.39 is 0 Å². The summed E-state index contributed by atoms with van der Waals surface area (Å²) >= 11 is 11.7. The lowest BCUT2D eigenvalue weighted by molar-refractivity contribution is 0.0380. The first-order chi connectivity index (χ1) is 9.60. The molecule has 112 valence electrons. The van der Waals surface area contributed by atoms with Crippen molar-refractivity contribution in [3.05, 3.63) is 34.9 Å². The van der Waals surface area contributed by atoms with Gasteiger partial charge < -0.3 is 0 Å². The molecule has 20 heavy (non-hydrogen) atoms. The minimum Gasteiger partial charge on any atom is -0.298 e. The molecule has 0 N–H and O–H groups in total. The highest BCUT2D eigenvalue weighted by Crippen LogP contribution is 2.19. The molecular formula is C16H24Cl2N2. The Balaban J connectivity index is 1.92. The number of nitrogens with zero attached hydrogens (tertiary/aromatic N) is 2. The van der Waals surface area contributed by atoms with Crippen molar-refractivity contribution >= 4 is 23.2 Å². The van der Waals surface area contributed by atoms with Crippen molar-refractivity contribution in [2.75, 3.05) is 25.5 Å². The molecule has 0 aliphatic carbocycles. The van der Waals surface area contributed by atoms with E-state index in [4.69, 9.17) is 23.2 Å². The first-order valence-corrected chi connectivity index (χ1v) is 8.30. The molecule has 0 amide bonds. The van der Waals surface area contributed by atoms with Gasteiger partial charge in [0.2, 0.25) is 0 Å².